The van der Waals surface area contributed by atoms with E-state index in [-0.39, 0.29) is 12.5 Å². The van der Waals surface area contributed by atoms with E-state index in [0.717, 1.165) is 5.69 Å². The molecule has 0 saturated carbocycles. The van der Waals surface area contributed by atoms with Crippen LogP contribution in [-0.2, 0) is 4.79 Å². The summed E-state index contributed by atoms with van der Waals surface area (Å²) < 4.78 is 0. The zero-order valence-corrected chi connectivity index (χ0v) is 9.24. The molecule has 0 aliphatic heterocycles. The van der Waals surface area contributed by atoms with Gasteiger partial charge in [-0.15, -0.1) is 0 Å². The van der Waals surface area contributed by atoms with Crippen LogP contribution < -0.4 is 10.6 Å². The Morgan fingerprint density at radius 2 is 2.20 bits per heavy atom. The number of hydrogen-bond acceptors (Lipinski definition) is 4. The summed E-state index contributed by atoms with van der Waals surface area (Å²) >= 11 is 0. The van der Waals surface area contributed by atoms with Crippen molar-refractivity contribution in [2.75, 3.05) is 18.9 Å². The SMILES string of the molecule is CNC(=O)CNc1cc(C(C)C)ncn1. The molecule has 0 aromatic carbocycles. The molecule has 5 heteroatoms. The molecular weight excluding hydrogens is 192 g/mol. The maximum Gasteiger partial charge on any atom is 0.239 e. The molecule has 15 heavy (non-hydrogen) atoms. The van der Waals surface area contributed by atoms with Gasteiger partial charge in [0.15, 0.2) is 0 Å². The third-order valence-corrected chi connectivity index (χ3v) is 1.99. The first-order valence-electron chi connectivity index (χ1n) is 4.90. The maximum absolute atomic E-state index is 11.0. The zero-order valence-electron chi connectivity index (χ0n) is 9.24. The quantitative estimate of drug-likeness (QED) is 0.766. The van der Waals surface area contributed by atoms with E-state index in [9.17, 15) is 4.79 Å². The molecule has 1 aromatic heterocycles. The van der Waals surface area contributed by atoms with Crippen molar-refractivity contribution >= 4 is 11.7 Å². The highest BCUT2D eigenvalue weighted by Crippen LogP contribution is 2.13. The molecule has 0 aliphatic carbocycles. The highest BCUT2D eigenvalue weighted by atomic mass is 16.1. The van der Waals surface area contributed by atoms with Crippen molar-refractivity contribution in [1.82, 2.24) is 15.3 Å². The van der Waals surface area contributed by atoms with Crippen molar-refractivity contribution < 1.29 is 4.79 Å². The van der Waals surface area contributed by atoms with Crippen LogP contribution in [-0.4, -0.2) is 29.5 Å². The number of anilines is 1. The van der Waals surface area contributed by atoms with Crippen molar-refractivity contribution in [1.29, 1.82) is 0 Å². The molecule has 0 saturated heterocycles. The number of likely N-dealkylation sites (N-methyl/N-ethyl adjacent to an activating group) is 1. The highest BCUT2D eigenvalue weighted by Gasteiger charge is 2.03. The van der Waals surface area contributed by atoms with Crippen LogP contribution in [0, 0.1) is 0 Å². The number of nitrogens with one attached hydrogen (secondary N) is 2. The Morgan fingerprint density at radius 3 is 2.80 bits per heavy atom. The molecule has 1 heterocycles. The van der Waals surface area contributed by atoms with Gasteiger partial charge in [-0.1, -0.05) is 13.8 Å². The number of carbonyl (C=O) groups excluding carboxylic acids is 1. The maximum atomic E-state index is 11.0. The predicted molar refractivity (Wildman–Crippen MR) is 58.7 cm³/mol. The molecule has 82 valence electrons. The standard InChI is InChI=1S/C10H16N4O/c1-7(2)8-4-9(14-6-13-8)12-5-10(15)11-3/h4,6-7H,5H2,1-3H3,(H,11,15)(H,12,13,14). The summed E-state index contributed by atoms with van der Waals surface area (Å²) in [6, 6.07) is 1.85. The van der Waals surface area contributed by atoms with Gasteiger partial charge in [0, 0.05) is 18.8 Å². The minimum atomic E-state index is -0.0697. The Kier molecular flexibility index (Phi) is 4.03. The third kappa shape index (κ3) is 3.53. The number of aromatic nitrogens is 2. The summed E-state index contributed by atoms with van der Waals surface area (Å²) in [5, 5.41) is 5.46. The Bertz CT molecular complexity index is 338. The molecule has 0 bridgehead atoms. The fraction of sp³-hybridized carbons (Fsp3) is 0.500. The summed E-state index contributed by atoms with van der Waals surface area (Å²) in [6.07, 6.45) is 1.50. The van der Waals surface area contributed by atoms with Crippen molar-refractivity contribution in [3.8, 4) is 0 Å². The molecule has 2 N–H and O–H groups in total. The molecule has 0 unspecified atom stereocenters. The van der Waals surface area contributed by atoms with Gasteiger partial charge in [0.2, 0.25) is 5.91 Å². The van der Waals surface area contributed by atoms with E-state index in [1.165, 1.54) is 6.33 Å². The third-order valence-electron chi connectivity index (χ3n) is 1.99. The Morgan fingerprint density at radius 1 is 1.47 bits per heavy atom. The van der Waals surface area contributed by atoms with Gasteiger partial charge in [0.25, 0.3) is 0 Å². The van der Waals surface area contributed by atoms with Gasteiger partial charge in [-0.05, 0) is 5.92 Å². The van der Waals surface area contributed by atoms with Gasteiger partial charge in [0.05, 0.1) is 6.54 Å². The van der Waals surface area contributed by atoms with Gasteiger partial charge in [-0.25, -0.2) is 9.97 Å². The van der Waals surface area contributed by atoms with E-state index in [0.29, 0.717) is 11.7 Å². The smallest absolute Gasteiger partial charge is 0.239 e. The normalized spacial score (nSPS) is 10.1. The molecule has 0 aliphatic rings. The largest absolute Gasteiger partial charge is 0.361 e. The second-order valence-electron chi connectivity index (χ2n) is 3.51. The van der Waals surface area contributed by atoms with Gasteiger partial charge in [-0.3, -0.25) is 4.79 Å². The van der Waals surface area contributed by atoms with Crippen LogP contribution in [0.1, 0.15) is 25.5 Å². The van der Waals surface area contributed by atoms with Crippen molar-refractivity contribution in [2.24, 2.45) is 0 Å². The molecule has 5 nitrogen and oxygen atoms in total. The monoisotopic (exact) mass is 208 g/mol. The van der Waals surface area contributed by atoms with E-state index in [1.54, 1.807) is 7.05 Å². The van der Waals surface area contributed by atoms with Crippen molar-refractivity contribution in [2.45, 2.75) is 19.8 Å². The molecular formula is C10H16N4O. The molecule has 1 amide bonds. The lowest BCUT2D eigenvalue weighted by Gasteiger charge is -2.07. The Labute approximate surface area is 89.3 Å². The fourth-order valence-electron chi connectivity index (χ4n) is 1.04. The number of carbonyl (C=O) groups is 1. The molecule has 1 aromatic rings. The van der Waals surface area contributed by atoms with Crippen LogP contribution in [0.5, 0.6) is 0 Å². The molecule has 0 fully saturated rings. The topological polar surface area (TPSA) is 66.9 Å². The highest BCUT2D eigenvalue weighted by molar-refractivity contribution is 5.79. The summed E-state index contributed by atoms with van der Waals surface area (Å²) in [5.41, 5.74) is 0.962. The van der Waals surface area contributed by atoms with Crippen molar-refractivity contribution in [3.63, 3.8) is 0 Å². The minimum absolute atomic E-state index is 0.0697. The average Bonchev–Trinajstić information content (AvgIpc) is 2.26. The van der Waals surface area contributed by atoms with E-state index in [1.807, 2.05) is 6.07 Å². The summed E-state index contributed by atoms with van der Waals surface area (Å²) in [6.45, 7) is 4.35. The second-order valence-corrected chi connectivity index (χ2v) is 3.51. The minimum Gasteiger partial charge on any atom is -0.361 e. The van der Waals surface area contributed by atoms with E-state index >= 15 is 0 Å². The lowest BCUT2D eigenvalue weighted by molar-refractivity contribution is -0.118. The van der Waals surface area contributed by atoms with Crippen LogP contribution in [0.15, 0.2) is 12.4 Å². The van der Waals surface area contributed by atoms with Crippen LogP contribution in [0.2, 0.25) is 0 Å². The number of hydrogen-bond donors (Lipinski definition) is 2. The van der Waals surface area contributed by atoms with E-state index in [2.05, 4.69) is 34.4 Å². The van der Waals surface area contributed by atoms with Crippen LogP contribution >= 0.6 is 0 Å². The van der Waals surface area contributed by atoms with Crippen LogP contribution in [0.25, 0.3) is 0 Å². The first kappa shape index (κ1) is 11.4. The first-order valence-corrected chi connectivity index (χ1v) is 4.90. The van der Waals surface area contributed by atoms with Gasteiger partial charge in [-0.2, -0.15) is 0 Å². The molecule has 0 atom stereocenters. The zero-order chi connectivity index (χ0) is 11.3. The van der Waals surface area contributed by atoms with Gasteiger partial charge < -0.3 is 10.6 Å². The lowest BCUT2D eigenvalue weighted by atomic mass is 10.1. The molecule has 0 radical (unpaired) electrons. The molecule has 0 spiro atoms. The van der Waals surface area contributed by atoms with Gasteiger partial charge in [0.1, 0.15) is 12.1 Å². The van der Waals surface area contributed by atoms with Crippen LogP contribution in [0.3, 0.4) is 0 Å². The number of amides is 1. The Balaban J connectivity index is 2.61. The lowest BCUT2D eigenvalue weighted by Crippen LogP contribution is -2.26. The van der Waals surface area contributed by atoms with Crippen molar-refractivity contribution in [3.05, 3.63) is 18.1 Å². The summed E-state index contributed by atoms with van der Waals surface area (Å²) in [5.74, 6) is 0.963. The predicted octanol–water partition coefficient (Wildman–Crippen LogP) is 0.758. The second kappa shape index (κ2) is 5.29. The first-order chi connectivity index (χ1) is 7.13. The summed E-state index contributed by atoms with van der Waals surface area (Å²) in [4.78, 5) is 19.1. The molecule has 1 rings (SSSR count). The van der Waals surface area contributed by atoms with E-state index < -0.39 is 0 Å². The van der Waals surface area contributed by atoms with E-state index in [4.69, 9.17) is 0 Å². The Hall–Kier alpha value is -1.65. The van der Waals surface area contributed by atoms with Crippen LogP contribution in [0.4, 0.5) is 5.82 Å². The average molecular weight is 208 g/mol. The fourth-order valence-corrected chi connectivity index (χ4v) is 1.04. The van der Waals surface area contributed by atoms with Gasteiger partial charge >= 0.3 is 0 Å². The number of nitrogens with zero attached hydrogens (tertiary/aromatic N) is 2. The number of rotatable bonds is 4. The summed E-state index contributed by atoms with van der Waals surface area (Å²) in [7, 11) is 1.60.